The highest BCUT2D eigenvalue weighted by Crippen LogP contribution is 2.37. The van der Waals surface area contributed by atoms with Crippen molar-refractivity contribution in [2.45, 2.75) is 25.1 Å². The van der Waals surface area contributed by atoms with E-state index in [2.05, 4.69) is 5.32 Å². The van der Waals surface area contributed by atoms with E-state index >= 15 is 0 Å². The highest BCUT2D eigenvalue weighted by Gasteiger charge is 2.36. The molecule has 2 aromatic carbocycles. The SMILES string of the molecule is COc1ccc(C2Nc3ccccc3C(=O)N2CC2CCCO2)c(Cl)c1. The van der Waals surface area contributed by atoms with Gasteiger partial charge in [0.15, 0.2) is 0 Å². The van der Waals surface area contributed by atoms with Crippen molar-refractivity contribution in [2.24, 2.45) is 0 Å². The molecule has 2 aliphatic heterocycles. The number of anilines is 1. The van der Waals surface area contributed by atoms with Crippen LogP contribution in [-0.4, -0.2) is 37.2 Å². The maximum absolute atomic E-state index is 13.2. The third-order valence-corrected chi connectivity index (χ3v) is 5.28. The lowest BCUT2D eigenvalue weighted by molar-refractivity contribution is 0.0427. The van der Waals surface area contributed by atoms with Crippen LogP contribution in [0.1, 0.15) is 34.9 Å². The number of halogens is 1. The van der Waals surface area contributed by atoms with Crippen LogP contribution < -0.4 is 10.1 Å². The first kappa shape index (κ1) is 17.2. The number of rotatable bonds is 4. The molecule has 2 heterocycles. The third kappa shape index (κ3) is 3.13. The number of carbonyl (C=O) groups excluding carboxylic acids is 1. The smallest absolute Gasteiger partial charge is 0.257 e. The largest absolute Gasteiger partial charge is 0.497 e. The number of nitrogens with one attached hydrogen (secondary N) is 1. The Bertz CT molecular complexity index is 820. The number of hydrogen-bond acceptors (Lipinski definition) is 4. The van der Waals surface area contributed by atoms with Gasteiger partial charge in [0.1, 0.15) is 11.9 Å². The molecule has 1 saturated heterocycles. The van der Waals surface area contributed by atoms with Crippen molar-refractivity contribution < 1.29 is 14.3 Å². The molecule has 0 aromatic heterocycles. The van der Waals surface area contributed by atoms with Crippen LogP contribution in [0.15, 0.2) is 42.5 Å². The molecular formula is C20H21ClN2O3. The fourth-order valence-electron chi connectivity index (χ4n) is 3.59. The summed E-state index contributed by atoms with van der Waals surface area (Å²) in [6.45, 7) is 1.29. The molecule has 2 aliphatic rings. The van der Waals surface area contributed by atoms with Gasteiger partial charge >= 0.3 is 0 Å². The molecule has 6 heteroatoms. The molecule has 2 aromatic rings. The summed E-state index contributed by atoms with van der Waals surface area (Å²) in [6, 6.07) is 13.1. The van der Waals surface area contributed by atoms with E-state index in [1.54, 1.807) is 13.2 Å². The molecule has 2 unspecified atom stereocenters. The maximum atomic E-state index is 13.2. The lowest BCUT2D eigenvalue weighted by atomic mass is 10.0. The molecule has 26 heavy (non-hydrogen) atoms. The van der Waals surface area contributed by atoms with Crippen LogP contribution in [0.5, 0.6) is 5.75 Å². The molecule has 0 radical (unpaired) electrons. The second-order valence-electron chi connectivity index (χ2n) is 6.57. The summed E-state index contributed by atoms with van der Waals surface area (Å²) in [4.78, 5) is 15.0. The summed E-state index contributed by atoms with van der Waals surface area (Å²) in [5, 5.41) is 4.03. The Morgan fingerprint density at radius 1 is 1.31 bits per heavy atom. The van der Waals surface area contributed by atoms with Crippen molar-refractivity contribution in [2.75, 3.05) is 25.6 Å². The monoisotopic (exact) mass is 372 g/mol. The Labute approximate surface area is 157 Å². The van der Waals surface area contributed by atoms with Gasteiger partial charge in [-0.15, -0.1) is 0 Å². The average Bonchev–Trinajstić information content (AvgIpc) is 3.17. The van der Waals surface area contributed by atoms with Gasteiger partial charge in [-0.1, -0.05) is 23.7 Å². The lowest BCUT2D eigenvalue weighted by Gasteiger charge is -2.39. The summed E-state index contributed by atoms with van der Waals surface area (Å²) in [7, 11) is 1.60. The fourth-order valence-corrected chi connectivity index (χ4v) is 3.86. The maximum Gasteiger partial charge on any atom is 0.257 e. The molecule has 136 valence electrons. The standard InChI is InChI=1S/C20H21ClN2O3/c1-25-13-8-9-15(17(21)11-13)19-22-18-7-3-2-6-16(18)20(24)23(19)12-14-5-4-10-26-14/h2-3,6-9,11,14,19,22H,4-5,10,12H2,1H3. The van der Waals surface area contributed by atoms with Gasteiger partial charge in [0.2, 0.25) is 0 Å². The van der Waals surface area contributed by atoms with Gasteiger partial charge < -0.3 is 19.7 Å². The first-order valence-electron chi connectivity index (χ1n) is 8.79. The van der Waals surface area contributed by atoms with Crippen LogP contribution in [0.2, 0.25) is 5.02 Å². The number of para-hydroxylation sites is 1. The van der Waals surface area contributed by atoms with Crippen molar-refractivity contribution in [3.05, 3.63) is 58.6 Å². The Morgan fingerprint density at radius 3 is 2.88 bits per heavy atom. The molecule has 0 bridgehead atoms. The van der Waals surface area contributed by atoms with Crippen LogP contribution in [-0.2, 0) is 4.74 Å². The van der Waals surface area contributed by atoms with Crippen LogP contribution in [0, 0.1) is 0 Å². The molecule has 1 N–H and O–H groups in total. The summed E-state index contributed by atoms with van der Waals surface area (Å²) in [5.74, 6) is 0.679. The zero-order chi connectivity index (χ0) is 18.1. The van der Waals surface area contributed by atoms with Gasteiger partial charge in [0.05, 0.1) is 23.8 Å². The van der Waals surface area contributed by atoms with E-state index in [9.17, 15) is 4.79 Å². The Morgan fingerprint density at radius 2 is 2.15 bits per heavy atom. The van der Waals surface area contributed by atoms with Crippen LogP contribution in [0.25, 0.3) is 0 Å². The second kappa shape index (κ2) is 7.17. The minimum Gasteiger partial charge on any atom is -0.497 e. The molecular weight excluding hydrogens is 352 g/mol. The van der Waals surface area contributed by atoms with Crippen molar-refractivity contribution >= 4 is 23.2 Å². The van der Waals surface area contributed by atoms with E-state index in [-0.39, 0.29) is 18.2 Å². The minimum atomic E-state index is -0.347. The van der Waals surface area contributed by atoms with Gasteiger partial charge in [-0.2, -0.15) is 0 Å². The summed E-state index contributed by atoms with van der Waals surface area (Å²) >= 11 is 6.51. The van der Waals surface area contributed by atoms with E-state index in [4.69, 9.17) is 21.1 Å². The van der Waals surface area contributed by atoms with E-state index in [1.165, 1.54) is 0 Å². The highest BCUT2D eigenvalue weighted by molar-refractivity contribution is 6.31. The van der Waals surface area contributed by atoms with E-state index in [1.807, 2.05) is 41.3 Å². The number of fused-ring (bicyclic) bond motifs is 1. The number of hydrogen-bond donors (Lipinski definition) is 1. The van der Waals surface area contributed by atoms with Gasteiger partial charge in [0.25, 0.3) is 5.91 Å². The number of carbonyl (C=O) groups is 1. The molecule has 2 atom stereocenters. The Kier molecular flexibility index (Phi) is 4.74. The quantitative estimate of drug-likeness (QED) is 0.878. The van der Waals surface area contributed by atoms with Crippen molar-refractivity contribution in [1.29, 1.82) is 0 Å². The minimum absolute atomic E-state index is 0.00765. The molecule has 0 aliphatic carbocycles. The molecule has 1 amide bonds. The fraction of sp³-hybridized carbons (Fsp3) is 0.350. The first-order valence-corrected chi connectivity index (χ1v) is 9.17. The van der Waals surface area contributed by atoms with Crippen molar-refractivity contribution in [3.63, 3.8) is 0 Å². The van der Waals surface area contributed by atoms with Crippen molar-refractivity contribution in [3.8, 4) is 5.75 Å². The van der Waals surface area contributed by atoms with Crippen molar-refractivity contribution in [1.82, 2.24) is 4.90 Å². The van der Waals surface area contributed by atoms with Crippen LogP contribution in [0.4, 0.5) is 5.69 Å². The molecule has 4 rings (SSSR count). The number of methoxy groups -OCH3 is 1. The lowest BCUT2D eigenvalue weighted by Crippen LogP contribution is -2.46. The number of nitrogens with zero attached hydrogens (tertiary/aromatic N) is 1. The number of amides is 1. The summed E-state index contributed by atoms with van der Waals surface area (Å²) in [5.41, 5.74) is 2.33. The molecule has 5 nitrogen and oxygen atoms in total. The number of ether oxygens (including phenoxy) is 2. The number of benzene rings is 2. The topological polar surface area (TPSA) is 50.8 Å². The van der Waals surface area contributed by atoms with Gasteiger partial charge in [-0.05, 0) is 43.2 Å². The highest BCUT2D eigenvalue weighted by atomic mass is 35.5. The summed E-state index contributed by atoms with van der Waals surface area (Å²) < 4.78 is 11.0. The average molecular weight is 373 g/mol. The predicted octanol–water partition coefficient (Wildman–Crippen LogP) is 4.09. The van der Waals surface area contributed by atoms with E-state index < -0.39 is 0 Å². The first-order chi connectivity index (χ1) is 12.7. The molecule has 0 spiro atoms. The van der Waals surface area contributed by atoms with E-state index in [0.29, 0.717) is 22.9 Å². The summed E-state index contributed by atoms with van der Waals surface area (Å²) in [6.07, 6.45) is 1.71. The van der Waals surface area contributed by atoms with E-state index in [0.717, 1.165) is 30.7 Å². The zero-order valence-electron chi connectivity index (χ0n) is 14.6. The van der Waals surface area contributed by atoms with Crippen LogP contribution in [0.3, 0.4) is 0 Å². The third-order valence-electron chi connectivity index (χ3n) is 4.95. The Hall–Kier alpha value is -2.24. The second-order valence-corrected chi connectivity index (χ2v) is 6.98. The Balaban J connectivity index is 1.73. The van der Waals surface area contributed by atoms with Gasteiger partial charge in [-0.3, -0.25) is 4.79 Å². The molecule has 1 fully saturated rings. The predicted molar refractivity (Wildman–Crippen MR) is 101 cm³/mol. The van der Waals surface area contributed by atoms with Gasteiger partial charge in [0, 0.05) is 24.4 Å². The zero-order valence-corrected chi connectivity index (χ0v) is 15.3. The van der Waals surface area contributed by atoms with Crippen LogP contribution >= 0.6 is 11.6 Å². The molecule has 0 saturated carbocycles. The van der Waals surface area contributed by atoms with Gasteiger partial charge in [-0.25, -0.2) is 0 Å². The normalized spacial score (nSPS) is 22.1.